The number of furan rings is 1. The van der Waals surface area contributed by atoms with Crippen LogP contribution in [0.2, 0.25) is 0 Å². The molecule has 1 amide bonds. The summed E-state index contributed by atoms with van der Waals surface area (Å²) in [4.78, 5) is 11.7. The summed E-state index contributed by atoms with van der Waals surface area (Å²) >= 11 is 0. The van der Waals surface area contributed by atoms with E-state index in [1.165, 1.54) is 0 Å². The molecule has 2 aromatic rings. The van der Waals surface area contributed by atoms with Crippen molar-refractivity contribution in [2.24, 2.45) is 0 Å². The summed E-state index contributed by atoms with van der Waals surface area (Å²) in [5, 5.41) is 1.56. The molecule has 0 fully saturated rings. The molecule has 0 atom stereocenters. The SMILES string of the molecule is CN(C)NC(=O)c1ccc(COc2ccccc2)o1. The number of ether oxygens (including phenoxy) is 1. The van der Waals surface area contributed by atoms with Crippen LogP contribution in [0.3, 0.4) is 0 Å². The van der Waals surface area contributed by atoms with Crippen molar-refractivity contribution < 1.29 is 13.9 Å². The van der Waals surface area contributed by atoms with Crippen LogP contribution >= 0.6 is 0 Å². The predicted molar refractivity (Wildman–Crippen MR) is 70.6 cm³/mol. The molecule has 5 nitrogen and oxygen atoms in total. The van der Waals surface area contributed by atoms with Crippen molar-refractivity contribution in [3.63, 3.8) is 0 Å². The molecule has 0 aliphatic heterocycles. The molecule has 19 heavy (non-hydrogen) atoms. The number of benzene rings is 1. The molecule has 0 unspecified atom stereocenters. The minimum Gasteiger partial charge on any atom is -0.486 e. The van der Waals surface area contributed by atoms with Crippen LogP contribution < -0.4 is 10.2 Å². The number of para-hydroxylation sites is 1. The van der Waals surface area contributed by atoms with Gasteiger partial charge in [0.2, 0.25) is 0 Å². The summed E-state index contributed by atoms with van der Waals surface area (Å²) in [5.41, 5.74) is 2.61. The molecule has 0 radical (unpaired) electrons. The molecule has 1 aromatic heterocycles. The van der Waals surface area contributed by atoms with Crippen molar-refractivity contribution in [2.45, 2.75) is 6.61 Å². The van der Waals surface area contributed by atoms with Crippen molar-refractivity contribution in [1.29, 1.82) is 0 Å². The number of nitrogens with one attached hydrogen (secondary N) is 1. The lowest BCUT2D eigenvalue weighted by atomic mass is 10.3. The average Bonchev–Trinajstić information content (AvgIpc) is 2.86. The standard InChI is InChI=1S/C14H16N2O3/c1-16(2)15-14(17)13-9-8-12(19-13)10-18-11-6-4-3-5-7-11/h3-9H,10H2,1-2H3,(H,15,17). The van der Waals surface area contributed by atoms with Gasteiger partial charge in [-0.15, -0.1) is 0 Å². The third-order valence-electron chi connectivity index (χ3n) is 2.33. The van der Waals surface area contributed by atoms with Gasteiger partial charge in [-0.3, -0.25) is 10.2 Å². The molecule has 0 bridgehead atoms. The Morgan fingerprint density at radius 2 is 1.95 bits per heavy atom. The third-order valence-corrected chi connectivity index (χ3v) is 2.33. The Bertz CT molecular complexity index is 535. The second-order valence-corrected chi connectivity index (χ2v) is 4.20. The summed E-state index contributed by atoms with van der Waals surface area (Å²) in [6.07, 6.45) is 0. The molecule has 0 saturated carbocycles. The number of hydrogen-bond donors (Lipinski definition) is 1. The van der Waals surface area contributed by atoms with Gasteiger partial charge < -0.3 is 9.15 Å². The van der Waals surface area contributed by atoms with Gasteiger partial charge in [0.15, 0.2) is 5.76 Å². The number of carbonyl (C=O) groups excluding carboxylic acids is 1. The molecule has 1 aromatic carbocycles. The normalized spacial score (nSPS) is 10.5. The van der Waals surface area contributed by atoms with Crippen LogP contribution in [-0.2, 0) is 6.61 Å². The summed E-state index contributed by atoms with van der Waals surface area (Å²) in [6.45, 7) is 0.291. The van der Waals surface area contributed by atoms with Crippen LogP contribution in [0.5, 0.6) is 5.75 Å². The molecule has 5 heteroatoms. The van der Waals surface area contributed by atoms with E-state index in [2.05, 4.69) is 5.43 Å². The Kier molecular flexibility index (Phi) is 4.20. The zero-order valence-corrected chi connectivity index (χ0v) is 10.9. The largest absolute Gasteiger partial charge is 0.486 e. The van der Waals surface area contributed by atoms with E-state index in [-0.39, 0.29) is 11.7 Å². The van der Waals surface area contributed by atoms with Gasteiger partial charge in [-0.1, -0.05) is 18.2 Å². The molecule has 1 N–H and O–H groups in total. The van der Waals surface area contributed by atoms with E-state index < -0.39 is 0 Å². The van der Waals surface area contributed by atoms with Crippen LogP contribution in [0.4, 0.5) is 0 Å². The Balaban J connectivity index is 1.92. The highest BCUT2D eigenvalue weighted by Gasteiger charge is 2.11. The van der Waals surface area contributed by atoms with Crippen LogP contribution in [-0.4, -0.2) is 25.0 Å². The number of amides is 1. The first-order valence-corrected chi connectivity index (χ1v) is 5.90. The van der Waals surface area contributed by atoms with Crippen LogP contribution in [0.1, 0.15) is 16.3 Å². The maximum absolute atomic E-state index is 11.7. The molecule has 0 spiro atoms. The maximum Gasteiger partial charge on any atom is 0.301 e. The average molecular weight is 260 g/mol. The van der Waals surface area contributed by atoms with E-state index in [1.54, 1.807) is 31.2 Å². The second-order valence-electron chi connectivity index (χ2n) is 4.20. The molecule has 100 valence electrons. The fourth-order valence-electron chi connectivity index (χ4n) is 1.51. The van der Waals surface area contributed by atoms with Gasteiger partial charge in [-0.2, -0.15) is 0 Å². The van der Waals surface area contributed by atoms with Gasteiger partial charge in [-0.25, -0.2) is 5.01 Å². The molecule has 0 aliphatic carbocycles. The summed E-state index contributed by atoms with van der Waals surface area (Å²) < 4.78 is 10.9. The number of hydrazine groups is 1. The van der Waals surface area contributed by atoms with Crippen LogP contribution in [0.25, 0.3) is 0 Å². The minimum atomic E-state index is -0.282. The van der Waals surface area contributed by atoms with Gasteiger partial charge in [-0.05, 0) is 24.3 Å². The molecule has 1 heterocycles. The number of nitrogens with zero attached hydrogens (tertiary/aromatic N) is 1. The van der Waals surface area contributed by atoms with E-state index in [1.807, 2.05) is 30.3 Å². The highest BCUT2D eigenvalue weighted by Crippen LogP contribution is 2.13. The quantitative estimate of drug-likeness (QED) is 0.836. The highest BCUT2D eigenvalue weighted by molar-refractivity contribution is 5.91. The fourth-order valence-corrected chi connectivity index (χ4v) is 1.51. The lowest BCUT2D eigenvalue weighted by Gasteiger charge is -2.09. The summed E-state index contributed by atoms with van der Waals surface area (Å²) in [5.74, 6) is 1.35. The fraction of sp³-hybridized carbons (Fsp3) is 0.214. The van der Waals surface area contributed by atoms with Crippen molar-refractivity contribution >= 4 is 5.91 Å². The maximum atomic E-state index is 11.7. The summed E-state index contributed by atoms with van der Waals surface area (Å²) in [7, 11) is 3.47. The Labute approximate surface area is 111 Å². The molecule has 2 rings (SSSR count). The van der Waals surface area contributed by atoms with Crippen LogP contribution in [0, 0.1) is 0 Å². The second kappa shape index (κ2) is 6.06. The summed E-state index contributed by atoms with van der Waals surface area (Å²) in [6, 6.07) is 12.8. The number of rotatable bonds is 5. The monoisotopic (exact) mass is 260 g/mol. The van der Waals surface area contributed by atoms with Gasteiger partial charge in [0, 0.05) is 14.1 Å². The van der Waals surface area contributed by atoms with E-state index in [4.69, 9.17) is 9.15 Å². The van der Waals surface area contributed by atoms with Crippen molar-refractivity contribution in [3.8, 4) is 5.75 Å². The van der Waals surface area contributed by atoms with E-state index in [0.29, 0.717) is 12.4 Å². The molecular weight excluding hydrogens is 244 g/mol. The number of carbonyl (C=O) groups is 1. The van der Waals surface area contributed by atoms with Gasteiger partial charge in [0.25, 0.3) is 0 Å². The Morgan fingerprint density at radius 1 is 1.21 bits per heavy atom. The first kappa shape index (κ1) is 13.2. The van der Waals surface area contributed by atoms with Gasteiger partial charge >= 0.3 is 5.91 Å². The predicted octanol–water partition coefficient (Wildman–Crippen LogP) is 2.06. The first-order valence-electron chi connectivity index (χ1n) is 5.90. The van der Waals surface area contributed by atoms with Crippen molar-refractivity contribution in [3.05, 3.63) is 54.0 Å². The first-order chi connectivity index (χ1) is 9.15. The Hall–Kier alpha value is -2.27. The molecule has 0 aliphatic rings. The minimum absolute atomic E-state index is 0.264. The lowest BCUT2D eigenvalue weighted by Crippen LogP contribution is -2.35. The van der Waals surface area contributed by atoms with Gasteiger partial charge in [0.05, 0.1) is 0 Å². The van der Waals surface area contributed by atoms with Crippen molar-refractivity contribution in [2.75, 3.05) is 14.1 Å². The highest BCUT2D eigenvalue weighted by atomic mass is 16.5. The van der Waals surface area contributed by atoms with Crippen LogP contribution in [0.15, 0.2) is 46.9 Å². The van der Waals surface area contributed by atoms with Gasteiger partial charge in [0.1, 0.15) is 18.1 Å². The Morgan fingerprint density at radius 3 is 2.63 bits per heavy atom. The number of hydrogen-bond acceptors (Lipinski definition) is 4. The zero-order valence-electron chi connectivity index (χ0n) is 10.9. The smallest absolute Gasteiger partial charge is 0.301 e. The lowest BCUT2D eigenvalue weighted by molar-refractivity contribution is 0.0823. The van der Waals surface area contributed by atoms with E-state index in [0.717, 1.165) is 5.75 Å². The zero-order chi connectivity index (χ0) is 13.7. The van der Waals surface area contributed by atoms with E-state index >= 15 is 0 Å². The van der Waals surface area contributed by atoms with Crippen molar-refractivity contribution in [1.82, 2.24) is 10.4 Å². The third kappa shape index (κ3) is 3.86. The van der Waals surface area contributed by atoms with E-state index in [9.17, 15) is 4.79 Å². The molecule has 0 saturated heterocycles. The topological polar surface area (TPSA) is 54.7 Å². The molecular formula is C14H16N2O3.